The highest BCUT2D eigenvalue weighted by Crippen LogP contribution is 2.30. The molecule has 3 rings (SSSR count). The second-order valence-electron chi connectivity index (χ2n) is 5.11. The maximum atomic E-state index is 12.6. The molecule has 9 heteroatoms. The van der Waals surface area contributed by atoms with E-state index in [-0.39, 0.29) is 18.0 Å². The number of fused-ring (bicyclic) bond motifs is 1. The van der Waals surface area contributed by atoms with Gasteiger partial charge in [0.2, 0.25) is 10.0 Å². The Morgan fingerprint density at radius 1 is 1.13 bits per heavy atom. The number of aromatic nitrogens is 2. The number of hydrogen-bond acceptors (Lipinski definition) is 4. The van der Waals surface area contributed by atoms with Crippen LogP contribution in [0.5, 0.6) is 0 Å². The van der Waals surface area contributed by atoms with E-state index in [0.29, 0.717) is 12.0 Å². The summed E-state index contributed by atoms with van der Waals surface area (Å²) in [5.74, 6) is 0. The first-order chi connectivity index (χ1) is 10.8. The van der Waals surface area contributed by atoms with Crippen LogP contribution in [0.4, 0.5) is 13.2 Å². The largest absolute Gasteiger partial charge is 0.416 e. The molecule has 0 amide bonds. The maximum Gasteiger partial charge on any atom is 0.416 e. The Bertz CT molecular complexity index is 820. The number of hydrogen-bond donors (Lipinski definition) is 0. The average Bonchev–Trinajstić information content (AvgIpc) is 2.53. The van der Waals surface area contributed by atoms with E-state index in [1.165, 1.54) is 10.6 Å². The quantitative estimate of drug-likeness (QED) is 0.839. The molecule has 5 nitrogen and oxygen atoms in total. The van der Waals surface area contributed by atoms with Crippen molar-refractivity contribution in [2.24, 2.45) is 0 Å². The monoisotopic (exact) mass is 343 g/mol. The predicted molar refractivity (Wildman–Crippen MR) is 74.8 cm³/mol. The molecular weight excluding hydrogens is 331 g/mol. The summed E-state index contributed by atoms with van der Waals surface area (Å²) in [5, 5.41) is 0. The van der Waals surface area contributed by atoms with Crippen LogP contribution in [0.2, 0.25) is 0 Å². The van der Waals surface area contributed by atoms with Crippen LogP contribution in [0.25, 0.3) is 0 Å². The van der Waals surface area contributed by atoms with Crippen molar-refractivity contribution in [1.29, 1.82) is 0 Å². The molecule has 1 aromatic heterocycles. The minimum atomic E-state index is -4.50. The number of alkyl halides is 3. The van der Waals surface area contributed by atoms with Crippen molar-refractivity contribution in [2.75, 3.05) is 6.54 Å². The van der Waals surface area contributed by atoms with Crippen molar-refractivity contribution in [2.45, 2.75) is 24.0 Å². The van der Waals surface area contributed by atoms with Gasteiger partial charge in [-0.3, -0.25) is 0 Å². The van der Waals surface area contributed by atoms with Gasteiger partial charge in [0, 0.05) is 37.0 Å². The highest BCUT2D eigenvalue weighted by molar-refractivity contribution is 7.89. The molecule has 2 aromatic rings. The summed E-state index contributed by atoms with van der Waals surface area (Å²) in [6.45, 7) is 0.340. The van der Waals surface area contributed by atoms with Crippen molar-refractivity contribution in [1.82, 2.24) is 14.3 Å². The Morgan fingerprint density at radius 2 is 1.83 bits per heavy atom. The van der Waals surface area contributed by atoms with E-state index >= 15 is 0 Å². The average molecular weight is 343 g/mol. The van der Waals surface area contributed by atoms with Gasteiger partial charge in [-0.05, 0) is 24.3 Å². The Kier molecular flexibility index (Phi) is 3.85. The highest BCUT2D eigenvalue weighted by atomic mass is 32.2. The van der Waals surface area contributed by atoms with Gasteiger partial charge in [0.1, 0.15) is 6.33 Å². The van der Waals surface area contributed by atoms with Crippen molar-refractivity contribution in [3.63, 3.8) is 0 Å². The molecule has 0 radical (unpaired) electrons. The fraction of sp³-hybridized carbons (Fsp3) is 0.286. The molecule has 0 saturated carbocycles. The lowest BCUT2D eigenvalue weighted by Gasteiger charge is -2.27. The van der Waals surface area contributed by atoms with Crippen molar-refractivity contribution in [3.8, 4) is 0 Å². The molecule has 0 unspecified atom stereocenters. The zero-order valence-electron chi connectivity index (χ0n) is 11.8. The van der Waals surface area contributed by atoms with Crippen LogP contribution < -0.4 is 0 Å². The zero-order valence-corrected chi connectivity index (χ0v) is 12.6. The van der Waals surface area contributed by atoms with Gasteiger partial charge in [-0.2, -0.15) is 17.5 Å². The SMILES string of the molecule is O=S(=O)(c1ccc(C(F)(F)F)cc1)N1CCc2ncncc2C1. The molecule has 122 valence electrons. The Labute approximate surface area is 130 Å². The summed E-state index contributed by atoms with van der Waals surface area (Å²) in [6.07, 6.45) is -1.10. The first kappa shape index (κ1) is 15.9. The first-order valence-electron chi connectivity index (χ1n) is 6.73. The number of halogens is 3. The first-order valence-corrected chi connectivity index (χ1v) is 8.17. The molecule has 1 aliphatic rings. The van der Waals surface area contributed by atoms with Gasteiger partial charge in [-0.25, -0.2) is 18.4 Å². The second-order valence-corrected chi connectivity index (χ2v) is 7.04. The lowest BCUT2D eigenvalue weighted by atomic mass is 10.1. The van der Waals surface area contributed by atoms with Crippen LogP contribution in [0.1, 0.15) is 16.8 Å². The van der Waals surface area contributed by atoms with E-state index in [1.807, 2.05) is 0 Å². The Morgan fingerprint density at radius 3 is 2.48 bits per heavy atom. The lowest BCUT2D eigenvalue weighted by Crippen LogP contribution is -2.36. The number of benzene rings is 1. The topological polar surface area (TPSA) is 63.2 Å². The summed E-state index contributed by atoms with van der Waals surface area (Å²) in [5.41, 5.74) is 0.613. The molecule has 0 aliphatic carbocycles. The van der Waals surface area contributed by atoms with E-state index in [9.17, 15) is 21.6 Å². The van der Waals surface area contributed by atoms with Crippen LogP contribution in [-0.2, 0) is 29.2 Å². The minimum Gasteiger partial charge on any atom is -0.244 e. The van der Waals surface area contributed by atoms with Crippen LogP contribution >= 0.6 is 0 Å². The standard InChI is InChI=1S/C14H12F3N3O2S/c15-14(16,17)11-1-3-12(4-2-11)23(21,22)20-6-5-13-10(8-20)7-18-9-19-13/h1-4,7,9H,5-6,8H2. The fourth-order valence-electron chi connectivity index (χ4n) is 2.41. The molecule has 1 aromatic carbocycles. The minimum absolute atomic E-state index is 0.111. The molecule has 0 bridgehead atoms. The van der Waals surface area contributed by atoms with Gasteiger partial charge < -0.3 is 0 Å². The number of sulfonamides is 1. The van der Waals surface area contributed by atoms with Crippen molar-refractivity contribution < 1.29 is 21.6 Å². The third-order valence-electron chi connectivity index (χ3n) is 3.65. The van der Waals surface area contributed by atoms with E-state index < -0.39 is 21.8 Å². The van der Waals surface area contributed by atoms with E-state index in [4.69, 9.17) is 0 Å². The number of nitrogens with zero attached hydrogens (tertiary/aromatic N) is 3. The van der Waals surface area contributed by atoms with Crippen LogP contribution in [-0.4, -0.2) is 29.2 Å². The molecule has 0 saturated heterocycles. The maximum absolute atomic E-state index is 12.6. The third-order valence-corrected chi connectivity index (χ3v) is 5.50. The van der Waals surface area contributed by atoms with Crippen LogP contribution in [0, 0.1) is 0 Å². The Balaban J connectivity index is 1.88. The smallest absolute Gasteiger partial charge is 0.244 e. The van der Waals surface area contributed by atoms with Gasteiger partial charge in [0.05, 0.1) is 10.5 Å². The van der Waals surface area contributed by atoms with E-state index in [1.54, 1.807) is 6.20 Å². The summed E-state index contributed by atoms with van der Waals surface area (Å²) < 4.78 is 64.0. The molecule has 0 N–H and O–H groups in total. The zero-order chi connectivity index (χ0) is 16.7. The molecule has 23 heavy (non-hydrogen) atoms. The van der Waals surface area contributed by atoms with Gasteiger partial charge in [0.25, 0.3) is 0 Å². The normalized spacial score (nSPS) is 16.1. The highest BCUT2D eigenvalue weighted by Gasteiger charge is 2.32. The van der Waals surface area contributed by atoms with E-state index in [0.717, 1.165) is 30.0 Å². The summed E-state index contributed by atoms with van der Waals surface area (Å²) >= 11 is 0. The lowest BCUT2D eigenvalue weighted by molar-refractivity contribution is -0.137. The molecule has 2 heterocycles. The van der Waals surface area contributed by atoms with Gasteiger partial charge in [-0.1, -0.05) is 0 Å². The molecule has 0 atom stereocenters. The van der Waals surface area contributed by atoms with Crippen molar-refractivity contribution >= 4 is 10.0 Å². The summed E-state index contributed by atoms with van der Waals surface area (Å²) in [7, 11) is -3.86. The van der Waals surface area contributed by atoms with Gasteiger partial charge in [0.15, 0.2) is 0 Å². The molecule has 0 fully saturated rings. The van der Waals surface area contributed by atoms with Crippen LogP contribution in [0.3, 0.4) is 0 Å². The summed E-state index contributed by atoms with van der Waals surface area (Å²) in [6, 6.07) is 3.51. The second kappa shape index (κ2) is 5.57. The van der Waals surface area contributed by atoms with Gasteiger partial charge in [-0.15, -0.1) is 0 Å². The van der Waals surface area contributed by atoms with Crippen LogP contribution in [0.15, 0.2) is 41.7 Å². The molecule has 0 spiro atoms. The van der Waals surface area contributed by atoms with Crippen molar-refractivity contribution in [3.05, 3.63) is 53.6 Å². The van der Waals surface area contributed by atoms with E-state index in [2.05, 4.69) is 9.97 Å². The molecule has 1 aliphatic heterocycles. The Hall–Kier alpha value is -2.00. The van der Waals surface area contributed by atoms with Gasteiger partial charge >= 0.3 is 6.18 Å². The fourth-order valence-corrected chi connectivity index (χ4v) is 3.83. The third kappa shape index (κ3) is 3.06. The molecular formula is C14H12F3N3O2S. The summed E-state index contributed by atoms with van der Waals surface area (Å²) in [4.78, 5) is 7.80. The number of rotatable bonds is 2. The predicted octanol–water partition coefficient (Wildman–Crippen LogP) is 2.24.